The van der Waals surface area contributed by atoms with E-state index in [1.54, 1.807) is 24.3 Å². The number of esters is 1. The molecule has 0 aliphatic heterocycles. The number of methoxy groups -OCH3 is 2. The van der Waals surface area contributed by atoms with Gasteiger partial charge in [-0.05, 0) is 19.1 Å². The van der Waals surface area contributed by atoms with Crippen LogP contribution in [0.5, 0.6) is 5.75 Å². The highest BCUT2D eigenvalue weighted by atomic mass is 16.7. The van der Waals surface area contributed by atoms with E-state index < -0.39 is 17.9 Å². The van der Waals surface area contributed by atoms with Gasteiger partial charge in [0.25, 0.3) is 0 Å². The van der Waals surface area contributed by atoms with E-state index in [1.165, 1.54) is 21.1 Å². The van der Waals surface area contributed by atoms with Crippen molar-refractivity contribution < 1.29 is 24.1 Å². The van der Waals surface area contributed by atoms with Crippen LogP contribution in [0.4, 0.5) is 0 Å². The van der Waals surface area contributed by atoms with Crippen molar-refractivity contribution in [3.63, 3.8) is 0 Å². The van der Waals surface area contributed by atoms with Crippen molar-refractivity contribution in [2.45, 2.75) is 18.8 Å². The summed E-state index contributed by atoms with van der Waals surface area (Å²) in [6.07, 6.45) is -1.30. The summed E-state index contributed by atoms with van der Waals surface area (Å²) in [5, 5.41) is 9.93. The Labute approximate surface area is 107 Å². The number of rotatable bonds is 5. The minimum Gasteiger partial charge on any atom is -0.473 e. The summed E-state index contributed by atoms with van der Waals surface area (Å²) in [7, 11) is 8.00. The van der Waals surface area contributed by atoms with Crippen molar-refractivity contribution in [2.24, 2.45) is 0 Å². The number of benzene rings is 1. The molecular formula is C12H15BO5. The Morgan fingerprint density at radius 3 is 2.33 bits per heavy atom. The van der Waals surface area contributed by atoms with Gasteiger partial charge in [0.2, 0.25) is 11.9 Å². The van der Waals surface area contributed by atoms with Crippen LogP contribution >= 0.6 is 0 Å². The molecule has 0 bridgehead atoms. The van der Waals surface area contributed by atoms with Crippen LogP contribution in [0.2, 0.25) is 0 Å². The average Bonchev–Trinajstić information content (AvgIpc) is 2.37. The second-order valence-electron chi connectivity index (χ2n) is 3.85. The third-order valence-electron chi connectivity index (χ3n) is 2.45. The highest BCUT2D eigenvalue weighted by Gasteiger charge is 2.41. The highest BCUT2D eigenvalue weighted by Crippen LogP contribution is 2.19. The maximum atomic E-state index is 11.6. The van der Waals surface area contributed by atoms with Gasteiger partial charge in [-0.3, -0.25) is 0 Å². The smallest absolute Gasteiger partial charge is 0.352 e. The molecule has 0 aliphatic carbocycles. The quantitative estimate of drug-likeness (QED) is 0.443. The molecule has 2 atom stereocenters. The Hall–Kier alpha value is -1.53. The van der Waals surface area contributed by atoms with Crippen molar-refractivity contribution in [3.8, 4) is 5.75 Å². The van der Waals surface area contributed by atoms with Gasteiger partial charge in [-0.2, -0.15) is 0 Å². The molecule has 1 N–H and O–H groups in total. The molecule has 5 nitrogen and oxygen atoms in total. The molecule has 1 aromatic rings. The largest absolute Gasteiger partial charge is 0.473 e. The number of carbonyl (C=O) groups is 1. The van der Waals surface area contributed by atoms with E-state index in [-0.39, 0.29) is 0 Å². The summed E-state index contributed by atoms with van der Waals surface area (Å²) in [4.78, 5) is 11.6. The van der Waals surface area contributed by atoms with Crippen LogP contribution in [-0.4, -0.2) is 45.0 Å². The van der Waals surface area contributed by atoms with Crippen LogP contribution in [0.1, 0.15) is 6.92 Å². The molecule has 2 radical (unpaired) electrons. The van der Waals surface area contributed by atoms with Gasteiger partial charge in [0.1, 0.15) is 13.6 Å². The van der Waals surface area contributed by atoms with E-state index in [0.29, 0.717) is 11.2 Å². The standard InChI is InChI=1S/C12H15BO5/c1-12(15,17-3)10(11(14)16-2)18-9-6-4-8(13)5-7-9/h4-7,10,15H,1-3H3. The van der Waals surface area contributed by atoms with Crippen molar-refractivity contribution >= 4 is 19.3 Å². The van der Waals surface area contributed by atoms with Crippen molar-refractivity contribution in [3.05, 3.63) is 24.3 Å². The number of hydrogen-bond donors (Lipinski definition) is 1. The van der Waals surface area contributed by atoms with Gasteiger partial charge in [0.15, 0.2) is 0 Å². The molecule has 0 fully saturated rings. The van der Waals surface area contributed by atoms with E-state index in [9.17, 15) is 9.90 Å². The maximum absolute atomic E-state index is 11.6. The van der Waals surface area contributed by atoms with Gasteiger partial charge in [-0.1, -0.05) is 17.6 Å². The molecule has 1 rings (SSSR count). The molecule has 2 unspecified atom stereocenters. The molecule has 0 spiro atoms. The fourth-order valence-electron chi connectivity index (χ4n) is 1.27. The molecule has 18 heavy (non-hydrogen) atoms. The predicted octanol–water partition coefficient (Wildman–Crippen LogP) is -0.244. The van der Waals surface area contributed by atoms with Gasteiger partial charge in [-0.25, -0.2) is 4.79 Å². The second kappa shape index (κ2) is 5.88. The summed E-state index contributed by atoms with van der Waals surface area (Å²) >= 11 is 0. The zero-order valence-corrected chi connectivity index (χ0v) is 10.5. The van der Waals surface area contributed by atoms with E-state index in [0.717, 1.165) is 0 Å². The number of aliphatic hydroxyl groups is 1. The number of hydrogen-bond acceptors (Lipinski definition) is 5. The summed E-state index contributed by atoms with van der Waals surface area (Å²) in [5.41, 5.74) is 0.565. The summed E-state index contributed by atoms with van der Waals surface area (Å²) in [6.45, 7) is 1.31. The van der Waals surface area contributed by atoms with Gasteiger partial charge >= 0.3 is 5.97 Å². The van der Waals surface area contributed by atoms with E-state index >= 15 is 0 Å². The first-order chi connectivity index (χ1) is 8.40. The topological polar surface area (TPSA) is 65.0 Å². The van der Waals surface area contributed by atoms with E-state index in [1.807, 2.05) is 0 Å². The van der Waals surface area contributed by atoms with Crippen molar-refractivity contribution in [1.29, 1.82) is 0 Å². The van der Waals surface area contributed by atoms with Crippen molar-refractivity contribution in [2.75, 3.05) is 14.2 Å². The van der Waals surface area contributed by atoms with Gasteiger partial charge < -0.3 is 19.3 Å². The van der Waals surface area contributed by atoms with Crippen LogP contribution in [0.25, 0.3) is 0 Å². The average molecular weight is 250 g/mol. The Morgan fingerprint density at radius 1 is 1.33 bits per heavy atom. The van der Waals surface area contributed by atoms with Crippen LogP contribution in [0.3, 0.4) is 0 Å². The molecule has 0 amide bonds. The minimum atomic E-state index is -1.80. The first-order valence-corrected chi connectivity index (χ1v) is 5.28. The van der Waals surface area contributed by atoms with Crippen LogP contribution in [-0.2, 0) is 14.3 Å². The summed E-state index contributed by atoms with van der Waals surface area (Å²) < 4.78 is 14.8. The molecule has 0 aliphatic rings. The van der Waals surface area contributed by atoms with Gasteiger partial charge in [-0.15, -0.1) is 0 Å². The fourth-order valence-corrected chi connectivity index (χ4v) is 1.27. The third-order valence-corrected chi connectivity index (χ3v) is 2.45. The Balaban J connectivity index is 2.92. The van der Waals surface area contributed by atoms with Crippen molar-refractivity contribution in [1.82, 2.24) is 0 Å². The first kappa shape index (κ1) is 14.5. The van der Waals surface area contributed by atoms with Crippen LogP contribution in [0.15, 0.2) is 24.3 Å². The lowest BCUT2D eigenvalue weighted by molar-refractivity contribution is -0.229. The maximum Gasteiger partial charge on any atom is 0.352 e. The highest BCUT2D eigenvalue weighted by molar-refractivity contribution is 6.32. The molecule has 6 heteroatoms. The molecular weight excluding hydrogens is 235 g/mol. The summed E-state index contributed by atoms with van der Waals surface area (Å²) in [5.74, 6) is -2.16. The normalized spacial score (nSPS) is 15.6. The number of ether oxygens (including phenoxy) is 3. The molecule has 1 aromatic carbocycles. The van der Waals surface area contributed by atoms with Crippen LogP contribution in [0, 0.1) is 0 Å². The molecule has 0 saturated carbocycles. The summed E-state index contributed by atoms with van der Waals surface area (Å²) in [6, 6.07) is 6.39. The monoisotopic (exact) mass is 250 g/mol. The van der Waals surface area contributed by atoms with Gasteiger partial charge in [0.05, 0.1) is 7.11 Å². The lowest BCUT2D eigenvalue weighted by Gasteiger charge is -2.29. The number of carbonyl (C=O) groups excluding carboxylic acids is 1. The fraction of sp³-hybridized carbons (Fsp3) is 0.417. The van der Waals surface area contributed by atoms with Crippen LogP contribution < -0.4 is 10.2 Å². The SMILES string of the molecule is [B]c1ccc(OC(C(=O)OC)C(C)(O)OC)cc1. The Morgan fingerprint density at radius 2 is 1.89 bits per heavy atom. The zero-order chi connectivity index (χ0) is 13.8. The molecule has 0 aromatic heterocycles. The minimum absolute atomic E-state index is 0.372. The molecule has 96 valence electrons. The van der Waals surface area contributed by atoms with E-state index in [4.69, 9.17) is 17.3 Å². The molecule has 0 heterocycles. The zero-order valence-electron chi connectivity index (χ0n) is 10.5. The lowest BCUT2D eigenvalue weighted by atomic mass is 9.97. The first-order valence-electron chi connectivity index (χ1n) is 5.28. The molecule has 0 saturated heterocycles. The third kappa shape index (κ3) is 3.48. The predicted molar refractivity (Wildman–Crippen MR) is 65.9 cm³/mol. The Kier molecular flexibility index (Phi) is 4.75. The second-order valence-corrected chi connectivity index (χ2v) is 3.85. The Bertz CT molecular complexity index is 401. The van der Waals surface area contributed by atoms with Gasteiger partial charge in [0, 0.05) is 7.11 Å². The van der Waals surface area contributed by atoms with E-state index in [2.05, 4.69) is 4.74 Å². The lowest BCUT2D eigenvalue weighted by Crippen LogP contribution is -2.50.